The molecule has 4 rings (SSSR count). The second kappa shape index (κ2) is 8.29. The summed E-state index contributed by atoms with van der Waals surface area (Å²) in [6.07, 6.45) is 0. The Morgan fingerprint density at radius 2 is 1.46 bits per heavy atom. The summed E-state index contributed by atoms with van der Waals surface area (Å²) in [7, 11) is 0. The molecule has 1 aliphatic heterocycles. The number of hydrogen-bond acceptors (Lipinski definition) is 3. The van der Waals surface area contributed by atoms with Crippen LogP contribution in [0.1, 0.15) is 35.7 Å². The smallest absolute Gasteiger partial charge is 0.325 e. The van der Waals surface area contributed by atoms with Crippen molar-refractivity contribution in [1.82, 2.24) is 4.90 Å². The highest BCUT2D eigenvalue weighted by Crippen LogP contribution is 2.53. The molecule has 0 N–H and O–H groups in total. The number of carbonyl (C=O) groups excluding carboxylic acids is 1. The molecule has 0 spiro atoms. The van der Waals surface area contributed by atoms with E-state index in [1.807, 2.05) is 61.5 Å². The number of ether oxygens (including phenoxy) is 1. The highest BCUT2D eigenvalue weighted by Gasteiger charge is 2.58. The lowest BCUT2D eigenvalue weighted by Gasteiger charge is -2.21. The molecule has 3 nitrogen and oxygen atoms in total. The van der Waals surface area contributed by atoms with Gasteiger partial charge in [0.25, 0.3) is 0 Å². The first-order valence-electron chi connectivity index (χ1n) is 9.50. The van der Waals surface area contributed by atoms with Gasteiger partial charge in [-0.2, -0.15) is 0 Å². The van der Waals surface area contributed by atoms with Crippen molar-refractivity contribution in [2.45, 2.75) is 25.0 Å². The van der Waals surface area contributed by atoms with Crippen molar-refractivity contribution >= 4 is 21.9 Å². The minimum atomic E-state index is -0.302. The van der Waals surface area contributed by atoms with Crippen LogP contribution in [0.3, 0.4) is 0 Å². The van der Waals surface area contributed by atoms with Crippen molar-refractivity contribution in [3.8, 4) is 0 Å². The molecule has 3 atom stereocenters. The van der Waals surface area contributed by atoms with E-state index >= 15 is 0 Å². The van der Waals surface area contributed by atoms with Crippen molar-refractivity contribution in [2.75, 3.05) is 6.61 Å². The van der Waals surface area contributed by atoms with Crippen LogP contribution in [0, 0.1) is 0 Å². The number of rotatable bonds is 6. The average molecular weight is 436 g/mol. The number of nitrogens with zero attached hydrogens (tertiary/aromatic N) is 1. The molecule has 0 aliphatic carbocycles. The number of hydrogen-bond donors (Lipinski definition) is 0. The molecule has 1 heterocycles. The van der Waals surface area contributed by atoms with E-state index in [9.17, 15) is 4.79 Å². The molecule has 28 heavy (non-hydrogen) atoms. The maximum absolute atomic E-state index is 12.8. The largest absolute Gasteiger partial charge is 0.465 e. The van der Waals surface area contributed by atoms with Gasteiger partial charge in [0.1, 0.15) is 6.04 Å². The first-order valence-corrected chi connectivity index (χ1v) is 10.3. The Hall–Kier alpha value is -2.43. The fourth-order valence-corrected chi connectivity index (χ4v) is 4.42. The summed E-state index contributed by atoms with van der Waals surface area (Å²) >= 11 is 3.66. The molecule has 1 saturated heterocycles. The van der Waals surface area contributed by atoms with E-state index in [1.54, 1.807) is 0 Å². The van der Waals surface area contributed by atoms with Gasteiger partial charge in [0.2, 0.25) is 0 Å². The SMILES string of the molecule is CCOC(=O)[C@H]1[C@@H](c2ccccc2Br)N1C(c1ccccc1)c1ccccc1. The van der Waals surface area contributed by atoms with Crippen molar-refractivity contribution in [1.29, 1.82) is 0 Å². The van der Waals surface area contributed by atoms with Crippen LogP contribution in [0.5, 0.6) is 0 Å². The average Bonchev–Trinajstić information content (AvgIpc) is 3.45. The minimum absolute atomic E-state index is 0.0195. The Balaban J connectivity index is 1.79. The molecule has 3 aromatic carbocycles. The van der Waals surface area contributed by atoms with Gasteiger partial charge < -0.3 is 4.74 Å². The molecule has 0 saturated carbocycles. The van der Waals surface area contributed by atoms with Gasteiger partial charge in [-0.1, -0.05) is 94.8 Å². The molecule has 142 valence electrons. The lowest BCUT2D eigenvalue weighted by atomic mass is 9.98. The first-order chi connectivity index (χ1) is 13.7. The molecular formula is C24H22BrNO2. The quantitative estimate of drug-likeness (QED) is 0.376. The van der Waals surface area contributed by atoms with Crippen LogP contribution in [0.2, 0.25) is 0 Å². The maximum atomic E-state index is 12.8. The third-order valence-corrected chi connectivity index (χ3v) is 5.85. The zero-order chi connectivity index (χ0) is 19.5. The van der Waals surface area contributed by atoms with Gasteiger partial charge >= 0.3 is 5.97 Å². The molecular weight excluding hydrogens is 414 g/mol. The van der Waals surface area contributed by atoms with Crippen LogP contribution >= 0.6 is 15.9 Å². The predicted molar refractivity (Wildman–Crippen MR) is 114 cm³/mol. The third kappa shape index (κ3) is 3.62. The molecule has 1 fully saturated rings. The molecule has 0 aromatic heterocycles. The van der Waals surface area contributed by atoms with Crippen LogP contribution in [-0.4, -0.2) is 23.5 Å². The Morgan fingerprint density at radius 1 is 0.929 bits per heavy atom. The zero-order valence-corrected chi connectivity index (χ0v) is 17.2. The molecule has 0 bridgehead atoms. The molecule has 3 aromatic rings. The van der Waals surface area contributed by atoms with Crippen LogP contribution in [0.25, 0.3) is 0 Å². The second-order valence-electron chi connectivity index (χ2n) is 6.83. The summed E-state index contributed by atoms with van der Waals surface area (Å²) in [6.45, 7) is 2.23. The van der Waals surface area contributed by atoms with Gasteiger partial charge in [-0.05, 0) is 29.7 Å². The Morgan fingerprint density at radius 3 is 2.00 bits per heavy atom. The van der Waals surface area contributed by atoms with Gasteiger partial charge in [0.05, 0.1) is 18.7 Å². The van der Waals surface area contributed by atoms with E-state index in [2.05, 4.69) is 51.2 Å². The van der Waals surface area contributed by atoms with Crippen molar-refractivity contribution in [3.05, 3.63) is 106 Å². The van der Waals surface area contributed by atoms with Gasteiger partial charge in [-0.25, -0.2) is 0 Å². The highest BCUT2D eigenvalue weighted by molar-refractivity contribution is 9.10. The molecule has 4 heteroatoms. The molecule has 1 unspecified atom stereocenters. The van der Waals surface area contributed by atoms with Crippen molar-refractivity contribution in [3.63, 3.8) is 0 Å². The van der Waals surface area contributed by atoms with Gasteiger partial charge in [-0.3, -0.25) is 9.69 Å². The summed E-state index contributed by atoms with van der Waals surface area (Å²) < 4.78 is 6.42. The van der Waals surface area contributed by atoms with E-state index in [0.717, 1.165) is 21.2 Å². The Labute approximate surface area is 174 Å². The van der Waals surface area contributed by atoms with E-state index in [4.69, 9.17) is 4.74 Å². The molecule has 1 aliphatic rings. The Bertz CT molecular complexity index is 906. The van der Waals surface area contributed by atoms with Gasteiger partial charge in [0.15, 0.2) is 0 Å². The summed E-state index contributed by atoms with van der Waals surface area (Å²) in [5.41, 5.74) is 3.44. The van der Waals surface area contributed by atoms with Crippen molar-refractivity contribution in [2.24, 2.45) is 0 Å². The summed E-state index contributed by atoms with van der Waals surface area (Å²) in [6, 6.07) is 28.4. The fraction of sp³-hybridized carbons (Fsp3) is 0.208. The van der Waals surface area contributed by atoms with E-state index in [0.29, 0.717) is 6.61 Å². The van der Waals surface area contributed by atoms with E-state index in [1.165, 1.54) is 0 Å². The summed E-state index contributed by atoms with van der Waals surface area (Å²) in [4.78, 5) is 15.1. The number of halogens is 1. The monoisotopic (exact) mass is 435 g/mol. The van der Waals surface area contributed by atoms with Crippen LogP contribution in [-0.2, 0) is 9.53 Å². The van der Waals surface area contributed by atoms with Gasteiger partial charge in [-0.15, -0.1) is 0 Å². The predicted octanol–water partition coefficient (Wildman–Crippen LogP) is 5.53. The normalized spacial score (nSPS) is 20.8. The lowest BCUT2D eigenvalue weighted by molar-refractivity contribution is -0.143. The van der Waals surface area contributed by atoms with E-state index < -0.39 is 0 Å². The van der Waals surface area contributed by atoms with Crippen LogP contribution in [0.15, 0.2) is 89.4 Å². The second-order valence-corrected chi connectivity index (χ2v) is 7.69. The fourth-order valence-electron chi connectivity index (χ4n) is 3.90. The first kappa shape index (κ1) is 18.9. The van der Waals surface area contributed by atoms with Crippen molar-refractivity contribution < 1.29 is 9.53 Å². The Kier molecular flexibility index (Phi) is 5.60. The zero-order valence-electron chi connectivity index (χ0n) is 15.7. The maximum Gasteiger partial charge on any atom is 0.325 e. The third-order valence-electron chi connectivity index (χ3n) is 5.13. The summed E-state index contributed by atoms with van der Waals surface area (Å²) in [5, 5.41) is 0. The summed E-state index contributed by atoms with van der Waals surface area (Å²) in [5.74, 6) is -0.167. The molecule has 0 radical (unpaired) electrons. The highest BCUT2D eigenvalue weighted by atomic mass is 79.9. The molecule has 0 amide bonds. The van der Waals surface area contributed by atoms with Gasteiger partial charge in [0, 0.05) is 4.47 Å². The minimum Gasteiger partial charge on any atom is -0.465 e. The van der Waals surface area contributed by atoms with Crippen LogP contribution < -0.4 is 0 Å². The standard InChI is InChI=1S/C24H22BrNO2/c1-2-28-24(27)23-22(19-15-9-10-16-20(19)25)26(23)21(17-11-5-3-6-12-17)18-13-7-4-8-14-18/h3-16,21-23H,2H2,1H3/t22-,23-,26?/m1/s1. The number of carbonyl (C=O) groups is 1. The number of esters is 1. The topological polar surface area (TPSA) is 29.3 Å². The van der Waals surface area contributed by atoms with E-state index in [-0.39, 0.29) is 24.1 Å². The van der Waals surface area contributed by atoms with Crippen LogP contribution in [0.4, 0.5) is 0 Å². The number of benzene rings is 3. The lowest BCUT2D eigenvalue weighted by Crippen LogP contribution is -2.20.